The van der Waals surface area contributed by atoms with E-state index in [9.17, 15) is 8.42 Å². The second kappa shape index (κ2) is 4.33. The minimum atomic E-state index is -2.85. The van der Waals surface area contributed by atoms with Crippen LogP contribution in [0, 0.1) is 0 Å². The summed E-state index contributed by atoms with van der Waals surface area (Å²) in [6.45, 7) is 0.427. The highest BCUT2D eigenvalue weighted by molar-refractivity contribution is 7.91. The number of rotatable bonds is 3. The summed E-state index contributed by atoms with van der Waals surface area (Å²) >= 11 is 0. The number of hydrogen-bond acceptors (Lipinski definition) is 6. The SMILES string of the molecule is O=S1(=O)CCC(NCc2nc3ncccc3o2)C1. The second-order valence-electron chi connectivity index (χ2n) is 4.41. The molecule has 1 aliphatic heterocycles. The summed E-state index contributed by atoms with van der Waals surface area (Å²) in [5.74, 6) is 0.999. The predicted octanol–water partition coefficient (Wildman–Crippen LogP) is 0.499. The first-order valence-electron chi connectivity index (χ1n) is 5.77. The van der Waals surface area contributed by atoms with Gasteiger partial charge in [0.15, 0.2) is 21.1 Å². The van der Waals surface area contributed by atoms with E-state index in [0.29, 0.717) is 30.1 Å². The van der Waals surface area contributed by atoms with Crippen LogP contribution in [0.3, 0.4) is 0 Å². The summed E-state index contributed by atoms with van der Waals surface area (Å²) in [7, 11) is -2.85. The van der Waals surface area contributed by atoms with Gasteiger partial charge in [-0.3, -0.25) is 0 Å². The molecular weight excluding hydrogens is 254 g/mol. The van der Waals surface area contributed by atoms with Crippen molar-refractivity contribution in [1.29, 1.82) is 0 Å². The monoisotopic (exact) mass is 267 g/mol. The van der Waals surface area contributed by atoms with Crippen molar-refractivity contribution < 1.29 is 12.8 Å². The zero-order valence-corrected chi connectivity index (χ0v) is 10.5. The van der Waals surface area contributed by atoms with Crippen molar-refractivity contribution in [3.05, 3.63) is 24.2 Å². The summed E-state index contributed by atoms with van der Waals surface area (Å²) in [6.07, 6.45) is 2.31. The minimum Gasteiger partial charge on any atom is -0.438 e. The average molecular weight is 267 g/mol. The molecule has 1 aliphatic rings. The Balaban J connectivity index is 1.67. The van der Waals surface area contributed by atoms with Gasteiger partial charge in [0.2, 0.25) is 5.89 Å². The van der Waals surface area contributed by atoms with E-state index in [0.717, 1.165) is 0 Å². The smallest absolute Gasteiger partial charge is 0.211 e. The largest absolute Gasteiger partial charge is 0.438 e. The fourth-order valence-corrected chi connectivity index (χ4v) is 3.78. The van der Waals surface area contributed by atoms with Gasteiger partial charge in [0, 0.05) is 12.2 Å². The lowest BCUT2D eigenvalue weighted by molar-refractivity contribution is 0.463. The van der Waals surface area contributed by atoms with E-state index in [1.807, 2.05) is 0 Å². The summed E-state index contributed by atoms with van der Waals surface area (Å²) in [4.78, 5) is 8.30. The first kappa shape index (κ1) is 11.6. The van der Waals surface area contributed by atoms with Gasteiger partial charge in [-0.25, -0.2) is 13.4 Å². The van der Waals surface area contributed by atoms with Crippen LogP contribution < -0.4 is 5.32 Å². The zero-order valence-electron chi connectivity index (χ0n) is 9.67. The number of hydrogen-bond donors (Lipinski definition) is 1. The molecule has 1 N–H and O–H groups in total. The highest BCUT2D eigenvalue weighted by atomic mass is 32.2. The molecule has 0 spiro atoms. The molecule has 0 aromatic carbocycles. The van der Waals surface area contributed by atoms with Crippen molar-refractivity contribution in [1.82, 2.24) is 15.3 Å². The number of nitrogens with zero attached hydrogens (tertiary/aromatic N) is 2. The Bertz CT molecular complexity index is 632. The highest BCUT2D eigenvalue weighted by Crippen LogP contribution is 2.14. The molecule has 18 heavy (non-hydrogen) atoms. The molecule has 1 atom stereocenters. The molecular formula is C11H13N3O3S. The van der Waals surface area contributed by atoms with E-state index in [2.05, 4.69) is 15.3 Å². The fourth-order valence-electron chi connectivity index (χ4n) is 2.08. The Hall–Kier alpha value is -1.47. The molecule has 1 saturated heterocycles. The molecule has 0 aliphatic carbocycles. The van der Waals surface area contributed by atoms with Crippen LogP contribution >= 0.6 is 0 Å². The molecule has 3 rings (SSSR count). The van der Waals surface area contributed by atoms with E-state index in [1.54, 1.807) is 18.3 Å². The van der Waals surface area contributed by atoms with Crippen LogP contribution in [-0.2, 0) is 16.4 Å². The van der Waals surface area contributed by atoms with Gasteiger partial charge in [-0.1, -0.05) is 0 Å². The number of nitrogens with one attached hydrogen (secondary N) is 1. The average Bonchev–Trinajstić information content (AvgIpc) is 2.89. The number of fused-ring (bicyclic) bond motifs is 1. The summed E-state index contributed by atoms with van der Waals surface area (Å²) in [5, 5.41) is 3.15. The van der Waals surface area contributed by atoms with Gasteiger partial charge < -0.3 is 9.73 Å². The van der Waals surface area contributed by atoms with Crippen molar-refractivity contribution in [3.63, 3.8) is 0 Å². The maximum Gasteiger partial charge on any atom is 0.211 e. The number of pyridine rings is 1. The molecule has 96 valence electrons. The molecule has 0 saturated carbocycles. The summed E-state index contributed by atoms with van der Waals surface area (Å²) in [5.41, 5.74) is 1.22. The lowest BCUT2D eigenvalue weighted by Gasteiger charge is -2.07. The van der Waals surface area contributed by atoms with Gasteiger partial charge in [-0.15, -0.1) is 0 Å². The molecule has 3 heterocycles. The van der Waals surface area contributed by atoms with Crippen LogP contribution in [0.15, 0.2) is 22.7 Å². The third-order valence-corrected chi connectivity index (χ3v) is 4.75. The highest BCUT2D eigenvalue weighted by Gasteiger charge is 2.27. The maximum absolute atomic E-state index is 11.3. The molecule has 1 unspecified atom stereocenters. The fraction of sp³-hybridized carbons (Fsp3) is 0.455. The van der Waals surface area contributed by atoms with E-state index < -0.39 is 9.84 Å². The van der Waals surface area contributed by atoms with Gasteiger partial charge in [0.1, 0.15) is 0 Å². The third kappa shape index (κ3) is 2.37. The Morgan fingerprint density at radius 1 is 1.50 bits per heavy atom. The molecule has 2 aromatic rings. The van der Waals surface area contributed by atoms with E-state index in [4.69, 9.17) is 4.42 Å². The van der Waals surface area contributed by atoms with Gasteiger partial charge in [0.05, 0.1) is 18.1 Å². The normalized spacial score (nSPS) is 22.6. The van der Waals surface area contributed by atoms with Crippen LogP contribution in [-0.4, -0.2) is 35.9 Å². The summed E-state index contributed by atoms with van der Waals surface area (Å²) in [6, 6.07) is 3.59. The molecule has 7 heteroatoms. The van der Waals surface area contributed by atoms with Crippen LogP contribution in [0.2, 0.25) is 0 Å². The lowest BCUT2D eigenvalue weighted by atomic mass is 10.3. The molecule has 0 radical (unpaired) electrons. The molecule has 0 bridgehead atoms. The van der Waals surface area contributed by atoms with Gasteiger partial charge in [-0.2, -0.15) is 4.98 Å². The van der Waals surface area contributed by atoms with Crippen LogP contribution in [0.25, 0.3) is 11.2 Å². The van der Waals surface area contributed by atoms with Crippen molar-refractivity contribution >= 4 is 21.1 Å². The van der Waals surface area contributed by atoms with Crippen LogP contribution in [0.1, 0.15) is 12.3 Å². The Morgan fingerprint density at radius 2 is 2.39 bits per heavy atom. The predicted molar refractivity (Wildman–Crippen MR) is 65.7 cm³/mol. The van der Waals surface area contributed by atoms with Crippen molar-refractivity contribution in [2.45, 2.75) is 19.0 Å². The topological polar surface area (TPSA) is 85.1 Å². The van der Waals surface area contributed by atoms with E-state index >= 15 is 0 Å². The summed E-state index contributed by atoms with van der Waals surface area (Å²) < 4.78 is 28.1. The molecule has 2 aromatic heterocycles. The first-order valence-corrected chi connectivity index (χ1v) is 7.59. The van der Waals surface area contributed by atoms with Gasteiger partial charge in [0.25, 0.3) is 0 Å². The number of aromatic nitrogens is 2. The van der Waals surface area contributed by atoms with Crippen molar-refractivity contribution in [2.24, 2.45) is 0 Å². The standard InChI is InChI=1S/C11H13N3O3S/c15-18(16)5-3-8(7-18)13-6-10-14-11-9(17-10)2-1-4-12-11/h1-2,4,8,13H,3,5-7H2. The van der Waals surface area contributed by atoms with E-state index in [-0.39, 0.29) is 17.5 Å². The Morgan fingerprint density at radius 3 is 3.11 bits per heavy atom. The van der Waals surface area contributed by atoms with Gasteiger partial charge >= 0.3 is 0 Å². The van der Waals surface area contributed by atoms with Crippen molar-refractivity contribution in [2.75, 3.05) is 11.5 Å². The zero-order chi connectivity index (χ0) is 12.6. The van der Waals surface area contributed by atoms with Gasteiger partial charge in [-0.05, 0) is 18.6 Å². The molecule has 0 amide bonds. The van der Waals surface area contributed by atoms with Crippen LogP contribution in [0.4, 0.5) is 0 Å². The Kier molecular flexibility index (Phi) is 2.79. The quantitative estimate of drug-likeness (QED) is 0.871. The Labute approximate surface area is 104 Å². The molecule has 1 fully saturated rings. The minimum absolute atomic E-state index is 0.00188. The van der Waals surface area contributed by atoms with E-state index in [1.165, 1.54) is 0 Å². The maximum atomic E-state index is 11.3. The van der Waals surface area contributed by atoms with Crippen molar-refractivity contribution in [3.8, 4) is 0 Å². The van der Waals surface area contributed by atoms with Crippen LogP contribution in [0.5, 0.6) is 0 Å². The second-order valence-corrected chi connectivity index (χ2v) is 6.64. The lowest BCUT2D eigenvalue weighted by Crippen LogP contribution is -2.29. The number of oxazole rings is 1. The number of sulfone groups is 1. The molecule has 6 nitrogen and oxygen atoms in total. The first-order chi connectivity index (χ1) is 8.62. The third-order valence-electron chi connectivity index (χ3n) is 2.98.